The molecular weight excluding hydrogens is 585 g/mol. The number of ether oxygens (including phenoxy) is 4. The van der Waals surface area contributed by atoms with E-state index in [1.165, 1.54) is 7.05 Å². The zero-order valence-electron chi connectivity index (χ0n) is 23.7. The van der Waals surface area contributed by atoms with E-state index >= 15 is 0 Å². The molecular formula is C26H37F3N4O10. The van der Waals surface area contributed by atoms with Gasteiger partial charge in [-0.1, -0.05) is 6.07 Å². The van der Waals surface area contributed by atoms with E-state index in [0.29, 0.717) is 77.9 Å². The van der Waals surface area contributed by atoms with E-state index in [9.17, 15) is 32.3 Å². The highest BCUT2D eigenvalue weighted by molar-refractivity contribution is 6.24. The summed E-state index contributed by atoms with van der Waals surface area (Å²) in [5.74, 6) is -4.14. The average Bonchev–Trinajstić information content (AvgIpc) is 3.23. The third kappa shape index (κ3) is 13.5. The number of carboxylic acid groups (broad SMARTS) is 1. The van der Waals surface area contributed by atoms with Gasteiger partial charge in [-0.2, -0.15) is 13.2 Å². The molecule has 2 rings (SSSR count). The normalized spacial score (nSPS) is 13.2. The number of carboxylic acids is 1. The first-order valence-electron chi connectivity index (χ1n) is 13.2. The van der Waals surface area contributed by atoms with Crippen molar-refractivity contribution in [2.24, 2.45) is 5.73 Å². The van der Waals surface area contributed by atoms with Crippen LogP contribution in [0, 0.1) is 0 Å². The van der Waals surface area contributed by atoms with Crippen LogP contribution in [-0.4, -0.2) is 125 Å². The van der Waals surface area contributed by atoms with E-state index in [2.05, 4.69) is 10.6 Å². The van der Waals surface area contributed by atoms with Gasteiger partial charge in [-0.15, -0.1) is 0 Å². The molecule has 0 aromatic heterocycles. The number of aldehydes is 1. The molecule has 0 saturated carbocycles. The Balaban J connectivity index is 0.00000117. The van der Waals surface area contributed by atoms with Crippen LogP contribution >= 0.6 is 0 Å². The van der Waals surface area contributed by atoms with Gasteiger partial charge in [0.2, 0.25) is 5.91 Å². The number of hydrogen-bond donors (Lipinski definition) is 4. The van der Waals surface area contributed by atoms with Gasteiger partial charge in [0, 0.05) is 32.2 Å². The second kappa shape index (κ2) is 20.3. The molecule has 242 valence electrons. The summed E-state index contributed by atoms with van der Waals surface area (Å²) < 4.78 is 53.2. The van der Waals surface area contributed by atoms with Crippen LogP contribution < -0.4 is 16.4 Å². The number of aliphatic carboxylic acids is 1. The topological polar surface area (TPSA) is 196 Å². The summed E-state index contributed by atoms with van der Waals surface area (Å²) in [6.45, 7) is 4.49. The van der Waals surface area contributed by atoms with E-state index in [1.807, 2.05) is 0 Å². The lowest BCUT2D eigenvalue weighted by atomic mass is 10.1. The summed E-state index contributed by atoms with van der Waals surface area (Å²) >= 11 is 0. The van der Waals surface area contributed by atoms with Gasteiger partial charge in [0.15, 0.2) is 0 Å². The van der Waals surface area contributed by atoms with Crippen LogP contribution in [0.5, 0.6) is 0 Å². The number of amides is 3. The number of nitrogens with one attached hydrogen (secondary N) is 2. The second-order valence-corrected chi connectivity index (χ2v) is 8.59. The first-order valence-corrected chi connectivity index (χ1v) is 13.2. The van der Waals surface area contributed by atoms with Gasteiger partial charge < -0.3 is 45.2 Å². The molecule has 0 bridgehead atoms. The van der Waals surface area contributed by atoms with Crippen LogP contribution in [0.3, 0.4) is 0 Å². The highest BCUT2D eigenvalue weighted by atomic mass is 19.4. The molecule has 1 aromatic rings. The molecule has 43 heavy (non-hydrogen) atoms. The number of carbonyl (C=O) groups is 5. The van der Waals surface area contributed by atoms with Gasteiger partial charge in [0.25, 0.3) is 11.8 Å². The Morgan fingerprint density at radius 1 is 0.977 bits per heavy atom. The van der Waals surface area contributed by atoms with Crippen LogP contribution in [0.2, 0.25) is 0 Å². The number of anilines is 1. The molecule has 14 nitrogen and oxygen atoms in total. The summed E-state index contributed by atoms with van der Waals surface area (Å²) in [5.41, 5.74) is 6.24. The summed E-state index contributed by atoms with van der Waals surface area (Å²) in [7, 11) is 1.48. The second-order valence-electron chi connectivity index (χ2n) is 8.59. The fraction of sp³-hybridized carbons (Fsp3) is 0.577. The number of carbonyl (C=O) groups excluding carboxylic acids is 4. The molecule has 1 aliphatic heterocycles. The molecule has 1 unspecified atom stereocenters. The highest BCUT2D eigenvalue weighted by Gasteiger charge is 2.41. The summed E-state index contributed by atoms with van der Waals surface area (Å²) in [4.78, 5) is 58.8. The van der Waals surface area contributed by atoms with E-state index in [1.54, 1.807) is 18.2 Å². The Morgan fingerprint density at radius 2 is 1.51 bits per heavy atom. The molecule has 0 fully saturated rings. The molecule has 3 amide bonds. The maximum Gasteiger partial charge on any atom is 0.490 e. The van der Waals surface area contributed by atoms with E-state index in [0.717, 1.165) is 4.90 Å². The first kappa shape index (κ1) is 37.4. The van der Waals surface area contributed by atoms with Gasteiger partial charge in [0.1, 0.15) is 6.29 Å². The maximum atomic E-state index is 13.0. The third-order valence-corrected chi connectivity index (χ3v) is 5.56. The predicted octanol–water partition coefficient (Wildman–Crippen LogP) is 0.447. The van der Waals surface area contributed by atoms with Crippen molar-refractivity contribution in [1.29, 1.82) is 0 Å². The van der Waals surface area contributed by atoms with Gasteiger partial charge in [-0.25, -0.2) is 4.79 Å². The standard InChI is InChI=1S/C24H36N4O8.C2HF3O2/c1-26-21(30)6-5-18(17-29)28-23(31)19-3-2-4-20(22(19)24(28)32)27-8-10-34-12-14-36-16-15-35-13-11-33-9-7-25;3-2(4,5)1(6)7/h2-4,17-18,27H,5-16,25H2,1H3,(H,26,30);(H,6,7). The molecule has 0 spiro atoms. The lowest BCUT2D eigenvalue weighted by Gasteiger charge is -2.21. The third-order valence-electron chi connectivity index (χ3n) is 5.56. The van der Waals surface area contributed by atoms with Gasteiger partial charge >= 0.3 is 12.1 Å². The minimum atomic E-state index is -5.08. The number of nitrogens with zero attached hydrogens (tertiary/aromatic N) is 1. The number of halogens is 3. The van der Waals surface area contributed by atoms with Crippen molar-refractivity contribution in [3.63, 3.8) is 0 Å². The molecule has 1 aromatic carbocycles. The van der Waals surface area contributed by atoms with Crippen molar-refractivity contribution < 1.29 is 61.2 Å². The lowest BCUT2D eigenvalue weighted by Crippen LogP contribution is -2.41. The van der Waals surface area contributed by atoms with Crippen molar-refractivity contribution in [2.45, 2.75) is 25.1 Å². The summed E-state index contributed by atoms with van der Waals surface area (Å²) in [6, 6.07) is 3.89. The van der Waals surface area contributed by atoms with E-state index in [4.69, 9.17) is 34.6 Å². The van der Waals surface area contributed by atoms with Gasteiger partial charge in [-0.05, 0) is 18.6 Å². The van der Waals surface area contributed by atoms with Crippen molar-refractivity contribution in [3.8, 4) is 0 Å². The first-order chi connectivity index (χ1) is 20.5. The number of rotatable bonds is 20. The zero-order valence-corrected chi connectivity index (χ0v) is 23.7. The van der Waals surface area contributed by atoms with E-state index < -0.39 is 30.0 Å². The predicted molar refractivity (Wildman–Crippen MR) is 145 cm³/mol. The van der Waals surface area contributed by atoms with Gasteiger partial charge in [-0.3, -0.25) is 19.3 Å². The van der Waals surface area contributed by atoms with Crippen LogP contribution in [0.4, 0.5) is 18.9 Å². The molecule has 0 aliphatic carbocycles. The number of fused-ring (bicyclic) bond motifs is 1. The Hall–Kier alpha value is -3.64. The molecule has 5 N–H and O–H groups in total. The average molecular weight is 623 g/mol. The zero-order chi connectivity index (χ0) is 32.3. The Bertz CT molecular complexity index is 1060. The minimum absolute atomic E-state index is 0.0245. The van der Waals surface area contributed by atoms with Crippen LogP contribution in [0.25, 0.3) is 0 Å². The quantitative estimate of drug-likeness (QED) is 0.0892. The van der Waals surface area contributed by atoms with Gasteiger partial charge in [0.05, 0.1) is 70.0 Å². The molecule has 17 heteroatoms. The Kier molecular flexibility index (Phi) is 17.6. The van der Waals surface area contributed by atoms with Crippen molar-refractivity contribution in [2.75, 3.05) is 78.3 Å². The van der Waals surface area contributed by atoms with Crippen LogP contribution in [0.1, 0.15) is 33.6 Å². The number of nitrogens with two attached hydrogens (primary N) is 1. The van der Waals surface area contributed by atoms with Crippen LogP contribution in [-0.2, 0) is 33.3 Å². The van der Waals surface area contributed by atoms with E-state index in [-0.39, 0.29) is 29.9 Å². The molecule has 1 aliphatic rings. The Labute approximate surface area is 245 Å². The molecule has 0 saturated heterocycles. The van der Waals surface area contributed by atoms with Crippen molar-refractivity contribution in [3.05, 3.63) is 29.3 Å². The van der Waals surface area contributed by atoms with Crippen molar-refractivity contribution in [1.82, 2.24) is 10.2 Å². The summed E-state index contributed by atoms with van der Waals surface area (Å²) in [6.07, 6.45) is -4.48. The molecule has 0 radical (unpaired) electrons. The maximum absolute atomic E-state index is 13.0. The number of hydrogen-bond acceptors (Lipinski definition) is 11. The highest BCUT2D eigenvalue weighted by Crippen LogP contribution is 2.31. The monoisotopic (exact) mass is 622 g/mol. The largest absolute Gasteiger partial charge is 0.490 e. The number of imide groups is 1. The fourth-order valence-corrected chi connectivity index (χ4v) is 3.52. The summed E-state index contributed by atoms with van der Waals surface area (Å²) in [5, 5.41) is 12.7. The number of benzene rings is 1. The Morgan fingerprint density at radius 3 is 2.00 bits per heavy atom. The smallest absolute Gasteiger partial charge is 0.475 e. The fourth-order valence-electron chi connectivity index (χ4n) is 3.52. The number of alkyl halides is 3. The van der Waals surface area contributed by atoms with Crippen LogP contribution in [0.15, 0.2) is 18.2 Å². The van der Waals surface area contributed by atoms with Crippen molar-refractivity contribution >= 4 is 35.7 Å². The lowest BCUT2D eigenvalue weighted by molar-refractivity contribution is -0.192. The molecule has 1 heterocycles. The molecule has 1 atom stereocenters. The SMILES string of the molecule is CNC(=O)CCC(C=O)N1C(=O)c2cccc(NCCOCCOCCOCCOCCN)c2C1=O.O=C(O)C(F)(F)F. The minimum Gasteiger partial charge on any atom is -0.475 e.